The molecule has 4 nitrogen and oxygen atoms in total. The molecule has 0 unspecified atom stereocenters. The summed E-state index contributed by atoms with van der Waals surface area (Å²) in [6.07, 6.45) is 3.60. The smallest absolute Gasteiger partial charge is 0.142 e. The summed E-state index contributed by atoms with van der Waals surface area (Å²) >= 11 is 0. The number of aromatic nitrogens is 3. The number of fused-ring (bicyclic) bond motifs is 1. The Kier molecular flexibility index (Phi) is 2.48. The standard InChI is InChI=1S/C14H14N4/c1-15-11-5-6-13-12(8-11)17-14(18(13)2)10-4-3-7-16-9-10/h3-9,15H,1-2H3. The fourth-order valence-electron chi connectivity index (χ4n) is 2.11. The molecule has 0 amide bonds. The van der Waals surface area contributed by atoms with Gasteiger partial charge in [-0.05, 0) is 30.3 Å². The van der Waals surface area contributed by atoms with Crippen LogP contribution in [-0.4, -0.2) is 21.6 Å². The number of imidazole rings is 1. The minimum absolute atomic E-state index is 0.936. The van der Waals surface area contributed by atoms with E-state index >= 15 is 0 Å². The Bertz CT molecular complexity index is 686. The summed E-state index contributed by atoms with van der Waals surface area (Å²) in [5.41, 5.74) is 4.21. The predicted molar refractivity (Wildman–Crippen MR) is 73.5 cm³/mol. The van der Waals surface area contributed by atoms with E-state index in [0.717, 1.165) is 28.1 Å². The first-order valence-corrected chi connectivity index (χ1v) is 5.84. The van der Waals surface area contributed by atoms with Gasteiger partial charge in [0.2, 0.25) is 0 Å². The number of aryl methyl sites for hydroxylation is 1. The van der Waals surface area contributed by atoms with Crippen molar-refractivity contribution >= 4 is 16.7 Å². The van der Waals surface area contributed by atoms with Gasteiger partial charge in [-0.15, -0.1) is 0 Å². The van der Waals surface area contributed by atoms with E-state index in [2.05, 4.69) is 38.1 Å². The largest absolute Gasteiger partial charge is 0.388 e. The minimum atomic E-state index is 0.936. The molecule has 0 spiro atoms. The number of rotatable bonds is 2. The third-order valence-corrected chi connectivity index (χ3v) is 3.09. The molecule has 90 valence electrons. The topological polar surface area (TPSA) is 42.7 Å². The minimum Gasteiger partial charge on any atom is -0.388 e. The zero-order chi connectivity index (χ0) is 12.5. The SMILES string of the molecule is CNc1ccc2c(c1)nc(-c1cccnc1)n2C. The van der Waals surface area contributed by atoms with Gasteiger partial charge in [-0.25, -0.2) is 4.98 Å². The van der Waals surface area contributed by atoms with E-state index in [1.165, 1.54) is 0 Å². The number of nitrogens with one attached hydrogen (secondary N) is 1. The van der Waals surface area contributed by atoms with E-state index in [-0.39, 0.29) is 0 Å². The van der Waals surface area contributed by atoms with Gasteiger partial charge >= 0.3 is 0 Å². The third-order valence-electron chi connectivity index (χ3n) is 3.09. The van der Waals surface area contributed by atoms with Crippen molar-refractivity contribution in [2.45, 2.75) is 0 Å². The van der Waals surface area contributed by atoms with Crippen LogP contribution in [0, 0.1) is 0 Å². The Morgan fingerprint density at radius 1 is 1.22 bits per heavy atom. The van der Waals surface area contributed by atoms with Crippen molar-refractivity contribution in [3.8, 4) is 11.4 Å². The van der Waals surface area contributed by atoms with Crippen molar-refractivity contribution in [3.05, 3.63) is 42.7 Å². The molecule has 0 radical (unpaired) electrons. The Morgan fingerprint density at radius 3 is 2.83 bits per heavy atom. The zero-order valence-corrected chi connectivity index (χ0v) is 10.4. The van der Waals surface area contributed by atoms with Crippen LogP contribution in [0.1, 0.15) is 0 Å². The Labute approximate surface area is 105 Å². The van der Waals surface area contributed by atoms with Crippen LogP contribution >= 0.6 is 0 Å². The van der Waals surface area contributed by atoms with E-state index in [4.69, 9.17) is 0 Å². The maximum absolute atomic E-state index is 4.67. The van der Waals surface area contributed by atoms with Crippen LogP contribution in [0.15, 0.2) is 42.7 Å². The average molecular weight is 238 g/mol. The molecule has 3 aromatic rings. The lowest BCUT2D eigenvalue weighted by molar-refractivity contribution is 0.957. The second-order valence-electron chi connectivity index (χ2n) is 4.19. The number of benzene rings is 1. The Hall–Kier alpha value is -2.36. The van der Waals surface area contributed by atoms with Crippen molar-refractivity contribution in [1.82, 2.24) is 14.5 Å². The molecule has 0 bridgehead atoms. The Morgan fingerprint density at radius 2 is 2.11 bits per heavy atom. The molecule has 0 saturated heterocycles. The van der Waals surface area contributed by atoms with E-state index in [0.29, 0.717) is 0 Å². The average Bonchev–Trinajstić information content (AvgIpc) is 2.76. The summed E-state index contributed by atoms with van der Waals surface area (Å²) in [4.78, 5) is 8.81. The first-order valence-electron chi connectivity index (χ1n) is 5.84. The second-order valence-corrected chi connectivity index (χ2v) is 4.19. The zero-order valence-electron chi connectivity index (χ0n) is 10.4. The van der Waals surface area contributed by atoms with Gasteiger partial charge in [0.05, 0.1) is 11.0 Å². The van der Waals surface area contributed by atoms with Gasteiger partial charge in [-0.2, -0.15) is 0 Å². The van der Waals surface area contributed by atoms with Crippen molar-refractivity contribution in [3.63, 3.8) is 0 Å². The molecule has 2 aromatic heterocycles. The summed E-state index contributed by atoms with van der Waals surface area (Å²) in [6.45, 7) is 0. The Balaban J connectivity index is 2.23. The summed E-state index contributed by atoms with van der Waals surface area (Å²) in [7, 11) is 3.93. The van der Waals surface area contributed by atoms with E-state index in [9.17, 15) is 0 Å². The molecule has 1 aromatic carbocycles. The van der Waals surface area contributed by atoms with Crippen LogP contribution in [0.25, 0.3) is 22.4 Å². The van der Waals surface area contributed by atoms with Crippen molar-refractivity contribution < 1.29 is 0 Å². The molecule has 0 fully saturated rings. The predicted octanol–water partition coefficient (Wildman–Crippen LogP) is 2.68. The highest BCUT2D eigenvalue weighted by atomic mass is 15.1. The number of hydrogen-bond donors (Lipinski definition) is 1. The van der Waals surface area contributed by atoms with E-state index < -0.39 is 0 Å². The number of nitrogens with zero attached hydrogens (tertiary/aromatic N) is 3. The maximum atomic E-state index is 4.67. The van der Waals surface area contributed by atoms with Crippen LogP contribution in [0.4, 0.5) is 5.69 Å². The van der Waals surface area contributed by atoms with Gasteiger partial charge in [-0.1, -0.05) is 0 Å². The highest BCUT2D eigenvalue weighted by Gasteiger charge is 2.09. The van der Waals surface area contributed by atoms with Gasteiger partial charge in [0, 0.05) is 37.7 Å². The number of hydrogen-bond acceptors (Lipinski definition) is 3. The molecular formula is C14H14N4. The maximum Gasteiger partial charge on any atom is 0.142 e. The summed E-state index contributed by atoms with van der Waals surface area (Å²) in [6, 6.07) is 10.1. The highest BCUT2D eigenvalue weighted by molar-refractivity contribution is 5.83. The molecule has 18 heavy (non-hydrogen) atoms. The lowest BCUT2D eigenvalue weighted by Crippen LogP contribution is -1.92. The fraction of sp³-hybridized carbons (Fsp3) is 0.143. The molecule has 0 aliphatic carbocycles. The van der Waals surface area contributed by atoms with Gasteiger partial charge in [0.25, 0.3) is 0 Å². The van der Waals surface area contributed by atoms with Gasteiger partial charge in [-0.3, -0.25) is 4.98 Å². The molecule has 0 saturated carbocycles. The van der Waals surface area contributed by atoms with Gasteiger partial charge < -0.3 is 9.88 Å². The lowest BCUT2D eigenvalue weighted by atomic mass is 10.3. The van der Waals surface area contributed by atoms with Crippen molar-refractivity contribution in [2.24, 2.45) is 7.05 Å². The van der Waals surface area contributed by atoms with Crippen LogP contribution in [0.2, 0.25) is 0 Å². The summed E-state index contributed by atoms with van der Waals surface area (Å²) in [5.74, 6) is 0.936. The quantitative estimate of drug-likeness (QED) is 0.746. The number of anilines is 1. The van der Waals surface area contributed by atoms with Gasteiger partial charge in [0.15, 0.2) is 0 Å². The first-order chi connectivity index (χ1) is 8.79. The first kappa shape index (κ1) is 10.8. The van der Waals surface area contributed by atoms with Crippen molar-refractivity contribution in [2.75, 3.05) is 12.4 Å². The molecule has 0 atom stereocenters. The number of pyridine rings is 1. The van der Waals surface area contributed by atoms with E-state index in [1.807, 2.05) is 32.4 Å². The molecule has 3 rings (SSSR count). The lowest BCUT2D eigenvalue weighted by Gasteiger charge is -2.01. The normalized spacial score (nSPS) is 10.8. The second kappa shape index (κ2) is 4.14. The molecule has 0 aliphatic heterocycles. The highest BCUT2D eigenvalue weighted by Crippen LogP contribution is 2.24. The molecule has 2 heterocycles. The monoisotopic (exact) mass is 238 g/mol. The molecule has 0 aliphatic rings. The molecular weight excluding hydrogens is 224 g/mol. The van der Waals surface area contributed by atoms with Crippen LogP contribution in [-0.2, 0) is 7.05 Å². The van der Waals surface area contributed by atoms with Crippen LogP contribution < -0.4 is 5.32 Å². The van der Waals surface area contributed by atoms with Crippen LogP contribution in [0.5, 0.6) is 0 Å². The fourth-order valence-corrected chi connectivity index (χ4v) is 2.11. The molecule has 4 heteroatoms. The molecule has 1 N–H and O–H groups in total. The summed E-state index contributed by atoms with van der Waals surface area (Å²) in [5, 5.41) is 3.13. The van der Waals surface area contributed by atoms with Gasteiger partial charge in [0.1, 0.15) is 5.82 Å². The summed E-state index contributed by atoms with van der Waals surface area (Å²) < 4.78 is 2.09. The van der Waals surface area contributed by atoms with E-state index in [1.54, 1.807) is 6.20 Å². The third kappa shape index (κ3) is 1.62. The van der Waals surface area contributed by atoms with Crippen molar-refractivity contribution in [1.29, 1.82) is 0 Å². The van der Waals surface area contributed by atoms with Crippen LogP contribution in [0.3, 0.4) is 0 Å².